The molecule has 0 radical (unpaired) electrons. The van der Waals surface area contributed by atoms with Gasteiger partial charge in [0.1, 0.15) is 17.5 Å². The van der Waals surface area contributed by atoms with Crippen LogP contribution in [0.1, 0.15) is 49.8 Å². The molecule has 1 fully saturated rings. The van der Waals surface area contributed by atoms with Gasteiger partial charge in [-0.3, -0.25) is 19.2 Å². The van der Waals surface area contributed by atoms with Gasteiger partial charge in [0.15, 0.2) is 11.7 Å². The Morgan fingerprint density at radius 1 is 0.939 bits per heavy atom. The van der Waals surface area contributed by atoms with Crippen LogP contribution in [-0.2, 0) is 31.3 Å². The molecule has 3 aromatic carbocycles. The molecule has 4 amide bonds. The molecule has 3 aromatic rings. The normalized spacial score (nSPS) is 17.6. The second-order valence-corrected chi connectivity index (χ2v) is 12.9. The zero-order chi connectivity index (χ0) is 35.3. The second-order valence-electron chi connectivity index (χ2n) is 12.9. The van der Waals surface area contributed by atoms with Gasteiger partial charge in [-0.1, -0.05) is 62.4 Å². The van der Waals surface area contributed by atoms with Crippen molar-refractivity contribution in [2.75, 3.05) is 20.8 Å². The third-order valence-electron chi connectivity index (χ3n) is 9.21. The lowest BCUT2D eigenvalue weighted by atomic mass is 9.89. The molecule has 12 nitrogen and oxygen atoms in total. The van der Waals surface area contributed by atoms with Gasteiger partial charge in [-0.2, -0.15) is 0 Å². The van der Waals surface area contributed by atoms with Gasteiger partial charge in [0.25, 0.3) is 11.8 Å². The van der Waals surface area contributed by atoms with E-state index in [-0.39, 0.29) is 31.2 Å². The highest BCUT2D eigenvalue weighted by Crippen LogP contribution is 2.47. The fourth-order valence-corrected chi connectivity index (χ4v) is 6.62. The van der Waals surface area contributed by atoms with E-state index in [0.717, 1.165) is 11.1 Å². The number of carbonyl (C=O) groups excluding carboxylic acids is 4. The van der Waals surface area contributed by atoms with Gasteiger partial charge in [-0.15, -0.1) is 0 Å². The van der Waals surface area contributed by atoms with Crippen LogP contribution in [0.4, 0.5) is 0 Å². The molecule has 0 aromatic heterocycles. The fourth-order valence-electron chi connectivity index (χ4n) is 6.62. The topological polar surface area (TPSA) is 175 Å². The highest BCUT2D eigenvalue weighted by molar-refractivity contribution is 6.00. The highest BCUT2D eigenvalue weighted by Gasteiger charge is 2.48. The molecule has 1 aliphatic carbocycles. The largest absolute Gasteiger partial charge is 0.497 e. The Balaban J connectivity index is 1.36. The first-order valence-electron chi connectivity index (χ1n) is 16.4. The number of hydrogen-bond acceptors (Lipinski definition) is 8. The smallest absolute Gasteiger partial charge is 0.262 e. The Morgan fingerprint density at radius 2 is 1.59 bits per heavy atom. The molecule has 12 heteroatoms. The molecule has 260 valence electrons. The molecule has 1 saturated heterocycles. The van der Waals surface area contributed by atoms with Gasteiger partial charge < -0.3 is 41.0 Å². The van der Waals surface area contributed by atoms with Crippen molar-refractivity contribution in [1.29, 1.82) is 0 Å². The standard InChI is InChI=1S/C37H44N4O8/c1-21(2)17-30(41-36(46)37(47)27-11-7-5-9-25(27)26-10-6-8-12-28(26)37)34(44)40-29(18-22-15-16-38-33(22)43)32(42)35(45)39-20-23-13-14-24(48-3)19-31(23)49-4/h5-14,19,21-22,29-30,32,42,47H,15-18,20H2,1-4H3,(H,38,43)(H,39,45)(H,40,44)(H,41,46)/t22-,29-,30-,32?/m0/s1. The average Bonchev–Trinajstić information content (AvgIpc) is 3.63. The molecule has 1 heterocycles. The van der Waals surface area contributed by atoms with Crippen molar-refractivity contribution in [2.45, 2.75) is 63.4 Å². The average molecular weight is 673 g/mol. The molecule has 0 saturated carbocycles. The summed E-state index contributed by atoms with van der Waals surface area (Å²) in [4.78, 5) is 53.8. The van der Waals surface area contributed by atoms with Gasteiger partial charge in [-0.25, -0.2) is 0 Å². The predicted octanol–water partition coefficient (Wildman–Crippen LogP) is 2.14. The van der Waals surface area contributed by atoms with E-state index in [4.69, 9.17) is 9.47 Å². The molecular formula is C37H44N4O8. The summed E-state index contributed by atoms with van der Waals surface area (Å²) in [7, 11) is 3.01. The van der Waals surface area contributed by atoms with E-state index < -0.39 is 47.4 Å². The SMILES string of the molecule is COc1ccc(CNC(=O)C(O)[C@H](C[C@@H]2CCNC2=O)NC(=O)[C@H](CC(C)C)NC(=O)C2(O)c3ccccc3-c3ccccc32)c(OC)c1. The van der Waals surface area contributed by atoms with Crippen LogP contribution in [0, 0.1) is 11.8 Å². The first-order chi connectivity index (χ1) is 23.5. The minimum atomic E-state index is -2.05. The maximum atomic E-state index is 14.0. The lowest BCUT2D eigenvalue weighted by Crippen LogP contribution is -2.58. The van der Waals surface area contributed by atoms with E-state index >= 15 is 0 Å². The summed E-state index contributed by atoms with van der Waals surface area (Å²) in [5, 5.41) is 34.3. The summed E-state index contributed by atoms with van der Waals surface area (Å²) in [6.07, 6.45) is -1.06. The molecular weight excluding hydrogens is 628 g/mol. The quantitative estimate of drug-likeness (QED) is 0.151. The number of rotatable bonds is 14. The van der Waals surface area contributed by atoms with E-state index in [1.807, 2.05) is 38.1 Å². The Hall–Kier alpha value is -4.94. The summed E-state index contributed by atoms with van der Waals surface area (Å²) in [5.74, 6) is -1.98. The van der Waals surface area contributed by atoms with Gasteiger partial charge in [-0.05, 0) is 48.4 Å². The first kappa shape index (κ1) is 35.4. The van der Waals surface area contributed by atoms with Crippen LogP contribution in [0.3, 0.4) is 0 Å². The minimum absolute atomic E-state index is 0.00888. The molecule has 0 spiro atoms. The molecule has 2 aliphatic rings. The Labute approximate surface area is 285 Å². The Kier molecular flexibility index (Phi) is 10.9. The zero-order valence-corrected chi connectivity index (χ0v) is 28.1. The van der Waals surface area contributed by atoms with Crippen molar-refractivity contribution in [1.82, 2.24) is 21.3 Å². The van der Waals surface area contributed by atoms with E-state index in [0.29, 0.717) is 41.2 Å². The minimum Gasteiger partial charge on any atom is -0.497 e. The lowest BCUT2D eigenvalue weighted by Gasteiger charge is -2.31. The summed E-state index contributed by atoms with van der Waals surface area (Å²) in [5.41, 5.74) is 0.832. The third kappa shape index (κ3) is 7.40. The van der Waals surface area contributed by atoms with Gasteiger partial charge in [0.2, 0.25) is 11.8 Å². The molecule has 49 heavy (non-hydrogen) atoms. The molecule has 1 unspecified atom stereocenters. The fraction of sp³-hybridized carbons (Fsp3) is 0.405. The van der Waals surface area contributed by atoms with Crippen LogP contribution < -0.4 is 30.7 Å². The van der Waals surface area contributed by atoms with Crippen molar-refractivity contribution in [3.63, 3.8) is 0 Å². The molecule has 1 aliphatic heterocycles. The number of fused-ring (bicyclic) bond motifs is 3. The van der Waals surface area contributed by atoms with Crippen molar-refractivity contribution < 1.29 is 38.9 Å². The molecule has 5 rings (SSSR count). The van der Waals surface area contributed by atoms with Crippen molar-refractivity contribution in [3.8, 4) is 22.6 Å². The number of aliphatic hydroxyl groups excluding tert-OH is 1. The maximum absolute atomic E-state index is 14.0. The van der Waals surface area contributed by atoms with Crippen molar-refractivity contribution >= 4 is 23.6 Å². The van der Waals surface area contributed by atoms with Crippen LogP contribution in [0.2, 0.25) is 0 Å². The lowest BCUT2D eigenvalue weighted by molar-refractivity contribution is -0.141. The third-order valence-corrected chi connectivity index (χ3v) is 9.21. The number of ether oxygens (including phenoxy) is 2. The number of carbonyl (C=O) groups is 4. The number of benzene rings is 3. The molecule has 0 bridgehead atoms. The summed E-state index contributed by atoms with van der Waals surface area (Å²) in [6.45, 7) is 4.23. The van der Waals surface area contributed by atoms with Crippen LogP contribution in [0.5, 0.6) is 11.5 Å². The van der Waals surface area contributed by atoms with Crippen molar-refractivity contribution in [2.24, 2.45) is 11.8 Å². The number of methoxy groups -OCH3 is 2. The predicted molar refractivity (Wildman–Crippen MR) is 181 cm³/mol. The highest BCUT2D eigenvalue weighted by atomic mass is 16.5. The van der Waals surface area contributed by atoms with Crippen LogP contribution >= 0.6 is 0 Å². The van der Waals surface area contributed by atoms with E-state index in [1.165, 1.54) is 14.2 Å². The summed E-state index contributed by atoms with van der Waals surface area (Å²) >= 11 is 0. The summed E-state index contributed by atoms with van der Waals surface area (Å²) in [6, 6.07) is 17.0. The van der Waals surface area contributed by atoms with Gasteiger partial charge in [0.05, 0.1) is 20.3 Å². The zero-order valence-electron chi connectivity index (χ0n) is 28.1. The number of aliphatic hydroxyl groups is 2. The van der Waals surface area contributed by atoms with E-state index in [9.17, 15) is 29.4 Å². The van der Waals surface area contributed by atoms with Gasteiger partial charge >= 0.3 is 0 Å². The summed E-state index contributed by atoms with van der Waals surface area (Å²) < 4.78 is 10.6. The number of amides is 4. The van der Waals surface area contributed by atoms with E-state index in [1.54, 1.807) is 42.5 Å². The molecule has 6 N–H and O–H groups in total. The Morgan fingerprint density at radius 3 is 2.16 bits per heavy atom. The second kappa shape index (κ2) is 15.1. The first-order valence-corrected chi connectivity index (χ1v) is 16.4. The molecule has 4 atom stereocenters. The van der Waals surface area contributed by atoms with Crippen LogP contribution in [0.25, 0.3) is 11.1 Å². The van der Waals surface area contributed by atoms with Crippen LogP contribution in [0.15, 0.2) is 66.7 Å². The van der Waals surface area contributed by atoms with E-state index in [2.05, 4.69) is 21.3 Å². The number of nitrogens with one attached hydrogen (secondary N) is 4. The Bertz CT molecular complexity index is 1660. The monoisotopic (exact) mass is 672 g/mol. The number of hydrogen-bond donors (Lipinski definition) is 6. The van der Waals surface area contributed by atoms with Gasteiger partial charge in [0, 0.05) is 41.8 Å². The van der Waals surface area contributed by atoms with Crippen molar-refractivity contribution in [3.05, 3.63) is 83.4 Å². The van der Waals surface area contributed by atoms with Crippen LogP contribution in [-0.4, -0.2) is 72.8 Å². The maximum Gasteiger partial charge on any atom is 0.262 e.